The summed E-state index contributed by atoms with van der Waals surface area (Å²) in [5.41, 5.74) is 1.41. The van der Waals surface area contributed by atoms with Crippen molar-refractivity contribution in [2.45, 2.75) is 13.3 Å². The first-order chi connectivity index (χ1) is 10.8. The molecule has 2 aromatic heterocycles. The second kappa shape index (κ2) is 6.65. The number of nitrogens with one attached hydrogen (secondary N) is 2. The molecular weight excluding hydrogens is 301 g/mol. The van der Waals surface area contributed by atoms with Crippen molar-refractivity contribution in [3.05, 3.63) is 42.1 Å². The van der Waals surface area contributed by atoms with E-state index in [1.807, 2.05) is 31.2 Å². The molecule has 22 heavy (non-hydrogen) atoms. The number of para-hydroxylation sites is 1. The molecule has 0 saturated heterocycles. The number of nitrogens with zero attached hydrogens (tertiary/aromatic N) is 3. The minimum atomic E-state index is -0.370. The summed E-state index contributed by atoms with van der Waals surface area (Å²) in [6.07, 6.45) is 1.93. The van der Waals surface area contributed by atoms with Gasteiger partial charge in [0.2, 0.25) is 0 Å². The van der Waals surface area contributed by atoms with E-state index in [0.717, 1.165) is 15.3 Å². The lowest BCUT2D eigenvalue weighted by atomic mass is 10.3. The average Bonchev–Trinajstić information content (AvgIpc) is 2.95. The number of aromatic nitrogens is 3. The van der Waals surface area contributed by atoms with Crippen LogP contribution in [0.25, 0.3) is 10.2 Å². The van der Waals surface area contributed by atoms with E-state index in [-0.39, 0.29) is 11.6 Å². The predicted octanol–water partition coefficient (Wildman–Crippen LogP) is 3.31. The van der Waals surface area contributed by atoms with Gasteiger partial charge in [0.05, 0.1) is 15.9 Å². The third-order valence-electron chi connectivity index (χ3n) is 3.18. The SMILES string of the molecule is CCc1ncnc(NCCNc2nc3ccccc3s2)c1F. The van der Waals surface area contributed by atoms with Gasteiger partial charge in [-0.1, -0.05) is 30.4 Å². The second-order valence-corrected chi connectivity index (χ2v) is 5.71. The third-order valence-corrected chi connectivity index (χ3v) is 4.18. The standard InChI is InChI=1S/C15H16FN5S/c1-2-10-13(16)14(20-9-19-10)17-7-8-18-15-21-11-5-3-4-6-12(11)22-15/h3-6,9H,2,7-8H2,1H3,(H,18,21)(H,17,19,20). The zero-order chi connectivity index (χ0) is 15.4. The van der Waals surface area contributed by atoms with Crippen LogP contribution in [0.5, 0.6) is 0 Å². The quantitative estimate of drug-likeness (QED) is 0.683. The molecule has 1 aromatic carbocycles. The van der Waals surface area contributed by atoms with Gasteiger partial charge in [-0.25, -0.2) is 19.3 Å². The lowest BCUT2D eigenvalue weighted by Gasteiger charge is -2.08. The number of thiazole rings is 1. The predicted molar refractivity (Wildman–Crippen MR) is 88.0 cm³/mol. The summed E-state index contributed by atoms with van der Waals surface area (Å²) in [5.74, 6) is -0.122. The first-order valence-corrected chi connectivity index (χ1v) is 7.92. The van der Waals surface area contributed by atoms with E-state index in [2.05, 4.69) is 25.6 Å². The van der Waals surface area contributed by atoms with Crippen LogP contribution in [0.4, 0.5) is 15.3 Å². The smallest absolute Gasteiger partial charge is 0.186 e. The first-order valence-electron chi connectivity index (χ1n) is 7.10. The maximum Gasteiger partial charge on any atom is 0.186 e. The number of aryl methyl sites for hydroxylation is 1. The van der Waals surface area contributed by atoms with Crippen LogP contribution in [0.3, 0.4) is 0 Å². The second-order valence-electron chi connectivity index (χ2n) is 4.68. The molecule has 0 unspecified atom stereocenters. The van der Waals surface area contributed by atoms with E-state index in [0.29, 0.717) is 25.2 Å². The Morgan fingerprint density at radius 3 is 2.77 bits per heavy atom. The molecule has 3 aromatic rings. The Hall–Kier alpha value is -2.28. The van der Waals surface area contributed by atoms with Crippen molar-refractivity contribution in [1.29, 1.82) is 0 Å². The highest BCUT2D eigenvalue weighted by Gasteiger charge is 2.08. The van der Waals surface area contributed by atoms with E-state index in [9.17, 15) is 4.39 Å². The van der Waals surface area contributed by atoms with Crippen molar-refractivity contribution >= 4 is 32.5 Å². The van der Waals surface area contributed by atoms with Crippen LogP contribution in [0, 0.1) is 5.82 Å². The highest BCUT2D eigenvalue weighted by Crippen LogP contribution is 2.25. The fourth-order valence-corrected chi connectivity index (χ4v) is 2.97. The maximum atomic E-state index is 13.9. The van der Waals surface area contributed by atoms with Crippen LogP contribution in [0.1, 0.15) is 12.6 Å². The van der Waals surface area contributed by atoms with E-state index in [4.69, 9.17) is 0 Å². The van der Waals surface area contributed by atoms with Crippen LogP contribution in [0.2, 0.25) is 0 Å². The van der Waals surface area contributed by atoms with E-state index >= 15 is 0 Å². The van der Waals surface area contributed by atoms with Gasteiger partial charge in [-0.05, 0) is 18.6 Å². The zero-order valence-electron chi connectivity index (χ0n) is 12.1. The molecule has 0 spiro atoms. The minimum Gasteiger partial charge on any atom is -0.366 e. The lowest BCUT2D eigenvalue weighted by molar-refractivity contribution is 0.597. The topological polar surface area (TPSA) is 62.7 Å². The highest BCUT2D eigenvalue weighted by molar-refractivity contribution is 7.22. The third kappa shape index (κ3) is 3.14. The molecule has 0 aliphatic heterocycles. The summed E-state index contributed by atoms with van der Waals surface area (Å²) in [7, 11) is 0. The Balaban J connectivity index is 1.55. The normalized spacial score (nSPS) is 10.8. The molecule has 2 heterocycles. The number of rotatable bonds is 6. The van der Waals surface area contributed by atoms with Crippen molar-refractivity contribution in [2.75, 3.05) is 23.7 Å². The molecule has 2 N–H and O–H groups in total. The number of fused-ring (bicyclic) bond motifs is 1. The lowest BCUT2D eigenvalue weighted by Crippen LogP contribution is -2.15. The molecule has 3 rings (SSSR count). The minimum absolute atomic E-state index is 0.248. The van der Waals surface area contributed by atoms with Crippen LogP contribution in [-0.2, 0) is 6.42 Å². The summed E-state index contributed by atoms with van der Waals surface area (Å²) >= 11 is 1.60. The molecule has 0 atom stereocenters. The van der Waals surface area contributed by atoms with Crippen molar-refractivity contribution < 1.29 is 4.39 Å². The summed E-state index contributed by atoms with van der Waals surface area (Å²) in [6, 6.07) is 7.99. The van der Waals surface area contributed by atoms with Gasteiger partial charge >= 0.3 is 0 Å². The van der Waals surface area contributed by atoms with Gasteiger partial charge in [-0.3, -0.25) is 0 Å². The number of hydrogen-bond acceptors (Lipinski definition) is 6. The molecule has 0 saturated carbocycles. The Labute approximate surface area is 131 Å². The van der Waals surface area contributed by atoms with Crippen molar-refractivity contribution in [3.8, 4) is 0 Å². The molecule has 0 aliphatic carbocycles. The summed E-state index contributed by atoms with van der Waals surface area (Å²) in [5, 5.41) is 7.07. The van der Waals surface area contributed by atoms with Crippen molar-refractivity contribution in [3.63, 3.8) is 0 Å². The van der Waals surface area contributed by atoms with Crippen LogP contribution >= 0.6 is 11.3 Å². The molecule has 0 fully saturated rings. The number of halogens is 1. The van der Waals surface area contributed by atoms with E-state index in [1.165, 1.54) is 6.33 Å². The summed E-state index contributed by atoms with van der Waals surface area (Å²) in [6.45, 7) is 3.04. The fourth-order valence-electron chi connectivity index (χ4n) is 2.07. The van der Waals surface area contributed by atoms with Crippen molar-refractivity contribution in [2.24, 2.45) is 0 Å². The average molecular weight is 317 g/mol. The largest absolute Gasteiger partial charge is 0.366 e. The van der Waals surface area contributed by atoms with Gasteiger partial charge in [-0.15, -0.1) is 0 Å². The first kappa shape index (κ1) is 14.6. The Kier molecular flexibility index (Phi) is 4.43. The summed E-state index contributed by atoms with van der Waals surface area (Å²) < 4.78 is 15.1. The molecule has 0 amide bonds. The molecule has 7 heteroatoms. The van der Waals surface area contributed by atoms with E-state index < -0.39 is 0 Å². The monoisotopic (exact) mass is 317 g/mol. The molecule has 0 aliphatic rings. The maximum absolute atomic E-state index is 13.9. The van der Waals surface area contributed by atoms with Gasteiger partial charge < -0.3 is 10.6 Å². The fraction of sp³-hybridized carbons (Fsp3) is 0.267. The molecule has 114 valence electrons. The van der Waals surface area contributed by atoms with Gasteiger partial charge in [0.25, 0.3) is 0 Å². The van der Waals surface area contributed by atoms with Crippen LogP contribution < -0.4 is 10.6 Å². The number of hydrogen-bond donors (Lipinski definition) is 2. The summed E-state index contributed by atoms with van der Waals surface area (Å²) in [4.78, 5) is 12.3. The highest BCUT2D eigenvalue weighted by atomic mass is 32.1. The van der Waals surface area contributed by atoms with Gasteiger partial charge in [0, 0.05) is 13.1 Å². The molecule has 0 radical (unpaired) electrons. The Morgan fingerprint density at radius 2 is 1.95 bits per heavy atom. The zero-order valence-corrected chi connectivity index (χ0v) is 13.0. The van der Waals surface area contributed by atoms with Crippen LogP contribution in [0.15, 0.2) is 30.6 Å². The van der Waals surface area contributed by atoms with E-state index in [1.54, 1.807) is 11.3 Å². The van der Waals surface area contributed by atoms with Crippen molar-refractivity contribution in [1.82, 2.24) is 15.0 Å². The number of anilines is 2. The molecule has 0 bridgehead atoms. The Bertz CT molecular complexity index is 740. The molecular formula is C15H16FN5S. The molecule has 5 nitrogen and oxygen atoms in total. The van der Waals surface area contributed by atoms with Gasteiger partial charge in [0.15, 0.2) is 16.8 Å². The van der Waals surface area contributed by atoms with Crippen LogP contribution in [-0.4, -0.2) is 28.0 Å². The Morgan fingerprint density at radius 1 is 1.14 bits per heavy atom. The van der Waals surface area contributed by atoms with Gasteiger partial charge in [-0.2, -0.15) is 0 Å². The number of benzene rings is 1. The van der Waals surface area contributed by atoms with Gasteiger partial charge in [0.1, 0.15) is 6.33 Å².